The Hall–Kier alpha value is -2.24. The molecule has 0 spiro atoms. The summed E-state index contributed by atoms with van der Waals surface area (Å²) in [7, 11) is 0. The van der Waals surface area contributed by atoms with Crippen LogP contribution in [-0.4, -0.2) is 29.1 Å². The molecule has 1 aromatic carbocycles. The standard InChI is InChI=1S/C13H16N2O4/c1-3-9(13(17)18)15-11-8(14)5-4-6-10(11)19-7(2)12(15)16/h4-7,9H,3,14H2,1-2H3,(H,17,18). The van der Waals surface area contributed by atoms with E-state index in [9.17, 15) is 14.7 Å². The number of nitrogen functional groups attached to an aromatic ring is 1. The predicted molar refractivity (Wildman–Crippen MR) is 70.1 cm³/mol. The van der Waals surface area contributed by atoms with E-state index in [1.165, 1.54) is 4.90 Å². The van der Waals surface area contributed by atoms with Gasteiger partial charge in [0.05, 0.1) is 5.69 Å². The van der Waals surface area contributed by atoms with Gasteiger partial charge in [0.1, 0.15) is 17.5 Å². The smallest absolute Gasteiger partial charge is 0.326 e. The Morgan fingerprint density at radius 1 is 1.58 bits per heavy atom. The number of ether oxygens (including phenoxy) is 1. The molecule has 6 heteroatoms. The Morgan fingerprint density at radius 3 is 2.84 bits per heavy atom. The van der Waals surface area contributed by atoms with Crippen molar-refractivity contribution in [1.82, 2.24) is 0 Å². The fraction of sp³-hybridized carbons (Fsp3) is 0.385. The fourth-order valence-electron chi connectivity index (χ4n) is 2.22. The van der Waals surface area contributed by atoms with Gasteiger partial charge in [-0.1, -0.05) is 13.0 Å². The highest BCUT2D eigenvalue weighted by Crippen LogP contribution is 2.40. The number of carbonyl (C=O) groups is 2. The van der Waals surface area contributed by atoms with Crippen LogP contribution in [0.5, 0.6) is 5.75 Å². The van der Waals surface area contributed by atoms with Gasteiger partial charge in [0.15, 0.2) is 6.10 Å². The average molecular weight is 264 g/mol. The minimum Gasteiger partial charge on any atom is -0.480 e. The maximum atomic E-state index is 12.2. The number of carboxylic acid groups (broad SMARTS) is 1. The maximum absolute atomic E-state index is 12.2. The van der Waals surface area contributed by atoms with E-state index < -0.39 is 18.1 Å². The Labute approximate surface area is 110 Å². The third kappa shape index (κ3) is 2.09. The molecule has 0 radical (unpaired) electrons. The molecule has 1 aromatic rings. The first-order valence-corrected chi connectivity index (χ1v) is 6.08. The second kappa shape index (κ2) is 4.79. The molecule has 19 heavy (non-hydrogen) atoms. The van der Waals surface area contributed by atoms with Crippen LogP contribution in [0.1, 0.15) is 20.3 Å². The Kier molecular flexibility index (Phi) is 3.33. The van der Waals surface area contributed by atoms with Crippen molar-refractivity contribution < 1.29 is 19.4 Å². The van der Waals surface area contributed by atoms with E-state index in [1.54, 1.807) is 32.0 Å². The molecule has 102 valence electrons. The van der Waals surface area contributed by atoms with Crippen LogP contribution < -0.4 is 15.4 Å². The van der Waals surface area contributed by atoms with Crippen molar-refractivity contribution >= 4 is 23.3 Å². The zero-order valence-electron chi connectivity index (χ0n) is 10.8. The van der Waals surface area contributed by atoms with Crippen LogP contribution in [0.15, 0.2) is 18.2 Å². The van der Waals surface area contributed by atoms with Crippen molar-refractivity contribution in [2.24, 2.45) is 0 Å². The highest BCUT2D eigenvalue weighted by Gasteiger charge is 2.39. The van der Waals surface area contributed by atoms with E-state index in [0.29, 0.717) is 23.5 Å². The highest BCUT2D eigenvalue weighted by molar-refractivity contribution is 6.06. The monoisotopic (exact) mass is 264 g/mol. The molecule has 0 fully saturated rings. The summed E-state index contributed by atoms with van der Waals surface area (Å²) >= 11 is 0. The van der Waals surface area contributed by atoms with Crippen LogP contribution in [0.3, 0.4) is 0 Å². The Balaban J connectivity index is 2.59. The predicted octanol–water partition coefficient (Wildman–Crippen LogP) is 1.25. The number of rotatable bonds is 3. The lowest BCUT2D eigenvalue weighted by molar-refractivity contribution is -0.141. The number of fused-ring (bicyclic) bond motifs is 1. The van der Waals surface area contributed by atoms with Gasteiger partial charge < -0.3 is 15.6 Å². The number of aliphatic carboxylic acids is 1. The normalized spacial score (nSPS) is 19.6. The summed E-state index contributed by atoms with van der Waals surface area (Å²) in [5.41, 5.74) is 6.54. The van der Waals surface area contributed by atoms with Gasteiger partial charge in [0.2, 0.25) is 0 Å². The maximum Gasteiger partial charge on any atom is 0.326 e. The number of amides is 1. The molecule has 3 N–H and O–H groups in total. The number of carbonyl (C=O) groups excluding carboxylic acids is 1. The van der Waals surface area contributed by atoms with Gasteiger partial charge in [-0.2, -0.15) is 0 Å². The van der Waals surface area contributed by atoms with Gasteiger partial charge >= 0.3 is 5.97 Å². The van der Waals surface area contributed by atoms with E-state index >= 15 is 0 Å². The molecule has 0 aromatic heterocycles. The van der Waals surface area contributed by atoms with Crippen molar-refractivity contribution in [3.8, 4) is 5.75 Å². The minimum atomic E-state index is -1.06. The summed E-state index contributed by atoms with van der Waals surface area (Å²) in [5, 5.41) is 9.27. The number of nitrogens with zero attached hydrogens (tertiary/aromatic N) is 1. The van der Waals surface area contributed by atoms with Crippen LogP contribution in [0.25, 0.3) is 0 Å². The lowest BCUT2D eigenvalue weighted by Gasteiger charge is -2.36. The van der Waals surface area contributed by atoms with Gasteiger partial charge in [0.25, 0.3) is 5.91 Å². The van der Waals surface area contributed by atoms with Crippen LogP contribution in [0.2, 0.25) is 0 Å². The third-order valence-corrected chi connectivity index (χ3v) is 3.14. The molecule has 1 heterocycles. The third-order valence-electron chi connectivity index (χ3n) is 3.14. The first kappa shape index (κ1) is 13.2. The quantitative estimate of drug-likeness (QED) is 0.801. The van der Waals surface area contributed by atoms with E-state index in [4.69, 9.17) is 10.5 Å². The Morgan fingerprint density at radius 2 is 2.26 bits per heavy atom. The summed E-state index contributed by atoms with van der Waals surface area (Å²) in [4.78, 5) is 24.8. The second-order valence-corrected chi connectivity index (χ2v) is 4.42. The summed E-state index contributed by atoms with van der Waals surface area (Å²) in [5.74, 6) is -1.01. The zero-order valence-corrected chi connectivity index (χ0v) is 10.8. The van der Waals surface area contributed by atoms with E-state index in [1.807, 2.05) is 0 Å². The van der Waals surface area contributed by atoms with Gasteiger partial charge in [-0.05, 0) is 25.5 Å². The van der Waals surface area contributed by atoms with Crippen molar-refractivity contribution in [3.63, 3.8) is 0 Å². The number of hydrogen-bond donors (Lipinski definition) is 2. The minimum absolute atomic E-state index is 0.293. The molecule has 0 bridgehead atoms. The van der Waals surface area contributed by atoms with Crippen LogP contribution in [0, 0.1) is 0 Å². The number of para-hydroxylation sites is 1. The van der Waals surface area contributed by atoms with Crippen molar-refractivity contribution in [2.45, 2.75) is 32.4 Å². The van der Waals surface area contributed by atoms with E-state index in [-0.39, 0.29) is 5.91 Å². The molecule has 1 aliphatic heterocycles. The summed E-state index contributed by atoms with van der Waals surface area (Å²) in [6.45, 7) is 3.31. The second-order valence-electron chi connectivity index (χ2n) is 4.42. The van der Waals surface area contributed by atoms with Gasteiger partial charge in [-0.25, -0.2) is 4.79 Å². The van der Waals surface area contributed by atoms with Gasteiger partial charge in [-0.3, -0.25) is 9.69 Å². The van der Waals surface area contributed by atoms with Gasteiger partial charge in [-0.15, -0.1) is 0 Å². The van der Waals surface area contributed by atoms with E-state index in [0.717, 1.165) is 0 Å². The summed E-state index contributed by atoms with van der Waals surface area (Å²) in [6.07, 6.45) is -0.427. The van der Waals surface area contributed by atoms with Crippen molar-refractivity contribution in [1.29, 1.82) is 0 Å². The number of benzene rings is 1. The molecular weight excluding hydrogens is 248 g/mol. The van der Waals surface area contributed by atoms with Crippen LogP contribution >= 0.6 is 0 Å². The van der Waals surface area contributed by atoms with Crippen LogP contribution in [0.4, 0.5) is 11.4 Å². The molecule has 2 rings (SSSR count). The molecule has 2 atom stereocenters. The molecule has 0 saturated heterocycles. The Bertz CT molecular complexity index is 529. The van der Waals surface area contributed by atoms with E-state index in [2.05, 4.69) is 0 Å². The summed E-state index contributed by atoms with van der Waals surface area (Å²) < 4.78 is 5.47. The first-order valence-electron chi connectivity index (χ1n) is 6.08. The molecule has 1 amide bonds. The topological polar surface area (TPSA) is 92.9 Å². The average Bonchev–Trinajstić information content (AvgIpc) is 2.34. The molecule has 0 aliphatic carbocycles. The molecule has 6 nitrogen and oxygen atoms in total. The summed E-state index contributed by atoms with van der Waals surface area (Å²) in [6, 6.07) is 4.06. The number of nitrogens with two attached hydrogens (primary N) is 1. The SMILES string of the molecule is CCC(C(=O)O)N1C(=O)C(C)Oc2cccc(N)c21. The largest absolute Gasteiger partial charge is 0.480 e. The van der Waals surface area contributed by atoms with Crippen molar-refractivity contribution in [3.05, 3.63) is 18.2 Å². The van der Waals surface area contributed by atoms with Gasteiger partial charge in [0, 0.05) is 0 Å². The molecule has 0 saturated carbocycles. The number of hydrogen-bond acceptors (Lipinski definition) is 4. The molecule has 2 unspecified atom stereocenters. The first-order chi connectivity index (χ1) is 8.97. The number of anilines is 2. The number of carboxylic acids is 1. The zero-order chi connectivity index (χ0) is 14.2. The van der Waals surface area contributed by atoms with Crippen LogP contribution in [-0.2, 0) is 9.59 Å². The molecular formula is C13H16N2O4. The molecule has 1 aliphatic rings. The fourth-order valence-corrected chi connectivity index (χ4v) is 2.22. The lowest BCUT2D eigenvalue weighted by atomic mass is 10.1. The highest BCUT2D eigenvalue weighted by atomic mass is 16.5. The lowest BCUT2D eigenvalue weighted by Crippen LogP contribution is -2.52. The van der Waals surface area contributed by atoms with Crippen molar-refractivity contribution in [2.75, 3.05) is 10.6 Å².